The molecule has 1 aromatic rings. The number of amides is 3. The van der Waals surface area contributed by atoms with Gasteiger partial charge in [-0.2, -0.15) is 26.3 Å². The molecule has 178 valence electrons. The number of hydrogen-bond donors (Lipinski definition) is 2. The van der Waals surface area contributed by atoms with E-state index in [1.165, 1.54) is 6.92 Å². The van der Waals surface area contributed by atoms with Gasteiger partial charge in [-0.15, -0.1) is 0 Å². The molecule has 1 aliphatic rings. The van der Waals surface area contributed by atoms with E-state index in [-0.39, 0.29) is 25.4 Å². The summed E-state index contributed by atoms with van der Waals surface area (Å²) in [5.74, 6) is -3.48. The molecule has 1 atom stereocenters. The van der Waals surface area contributed by atoms with E-state index >= 15 is 0 Å². The second-order valence-electron chi connectivity index (χ2n) is 6.80. The Balaban J connectivity index is 2.37. The zero-order chi connectivity index (χ0) is 24.3. The van der Waals surface area contributed by atoms with Crippen LogP contribution in [0.15, 0.2) is 18.2 Å². The van der Waals surface area contributed by atoms with Crippen LogP contribution in [0.25, 0.3) is 0 Å². The maximum Gasteiger partial charge on any atom is 0.418 e. The molecule has 14 heteroatoms. The monoisotopic (exact) mass is 470 g/mol. The summed E-state index contributed by atoms with van der Waals surface area (Å²) in [6.07, 6.45) is -9.78. The predicted molar refractivity (Wildman–Crippen MR) is 99.5 cm³/mol. The van der Waals surface area contributed by atoms with Crippen molar-refractivity contribution in [3.63, 3.8) is 0 Å². The van der Waals surface area contributed by atoms with Crippen LogP contribution in [0.1, 0.15) is 12.5 Å². The Labute approximate surface area is 178 Å². The maximum atomic E-state index is 13.6. The van der Waals surface area contributed by atoms with E-state index in [1.807, 2.05) is 5.32 Å². The molecule has 3 amide bonds. The van der Waals surface area contributed by atoms with Gasteiger partial charge in [-0.05, 0) is 24.7 Å². The average Bonchev–Trinajstić information content (AvgIpc) is 2.66. The summed E-state index contributed by atoms with van der Waals surface area (Å²) < 4.78 is 84.1. The molecule has 1 aromatic carbocycles. The number of anilines is 2. The average molecular weight is 470 g/mol. The Morgan fingerprint density at radius 2 is 1.91 bits per heavy atom. The Morgan fingerprint density at radius 3 is 2.41 bits per heavy atom. The normalized spacial score (nSPS) is 16.2. The number of primary amides is 1. The first-order valence-corrected chi connectivity index (χ1v) is 9.25. The van der Waals surface area contributed by atoms with Gasteiger partial charge >= 0.3 is 12.4 Å². The van der Waals surface area contributed by atoms with Crippen LogP contribution in [-0.4, -0.2) is 67.7 Å². The first kappa shape index (κ1) is 25.4. The molecule has 0 unspecified atom stereocenters. The van der Waals surface area contributed by atoms with Crippen molar-refractivity contribution in [1.29, 1.82) is 0 Å². The predicted octanol–water partition coefficient (Wildman–Crippen LogP) is 1.75. The maximum absolute atomic E-state index is 13.6. The third-order valence-electron chi connectivity index (χ3n) is 4.54. The van der Waals surface area contributed by atoms with Crippen molar-refractivity contribution < 1.29 is 45.5 Å². The van der Waals surface area contributed by atoms with Gasteiger partial charge in [-0.25, -0.2) is 0 Å². The number of hydrogen-bond acceptors (Lipinski definition) is 5. The Hall–Kier alpha value is -2.87. The molecule has 32 heavy (non-hydrogen) atoms. The molecule has 0 saturated carbocycles. The first-order valence-electron chi connectivity index (χ1n) is 9.25. The van der Waals surface area contributed by atoms with Crippen molar-refractivity contribution in [3.8, 4) is 0 Å². The van der Waals surface area contributed by atoms with E-state index in [0.29, 0.717) is 11.0 Å². The van der Waals surface area contributed by atoms with E-state index in [1.54, 1.807) is 0 Å². The van der Waals surface area contributed by atoms with Crippen LogP contribution >= 0.6 is 0 Å². The van der Waals surface area contributed by atoms with Gasteiger partial charge in [0.1, 0.15) is 6.61 Å². The molecule has 3 N–H and O–H groups in total. The van der Waals surface area contributed by atoms with Crippen LogP contribution in [-0.2, 0) is 25.3 Å². The molecule has 1 aliphatic heterocycles. The molecule has 2 rings (SSSR count). The molecular formula is C18H20F6N4O4. The van der Waals surface area contributed by atoms with E-state index < -0.39 is 60.5 Å². The van der Waals surface area contributed by atoms with E-state index in [9.17, 15) is 40.7 Å². The van der Waals surface area contributed by atoms with Gasteiger partial charge in [-0.1, -0.05) is 6.92 Å². The third-order valence-corrected chi connectivity index (χ3v) is 4.54. The van der Waals surface area contributed by atoms with Crippen LogP contribution in [0.3, 0.4) is 0 Å². The molecule has 8 nitrogen and oxygen atoms in total. The number of carbonyl (C=O) groups excluding carboxylic acids is 3. The summed E-state index contributed by atoms with van der Waals surface area (Å²) >= 11 is 0. The molecule has 0 aromatic heterocycles. The Morgan fingerprint density at radius 1 is 1.25 bits per heavy atom. The summed E-state index contributed by atoms with van der Waals surface area (Å²) in [7, 11) is 0. The number of nitrogens with two attached hydrogens (primary N) is 1. The topological polar surface area (TPSA) is 105 Å². The molecule has 0 spiro atoms. The fraction of sp³-hybridized carbons (Fsp3) is 0.500. The summed E-state index contributed by atoms with van der Waals surface area (Å²) in [5.41, 5.74) is 2.79. The van der Waals surface area contributed by atoms with E-state index in [0.717, 1.165) is 17.0 Å². The number of halogens is 6. The lowest BCUT2D eigenvalue weighted by Gasteiger charge is -2.29. The lowest BCUT2D eigenvalue weighted by molar-refractivity contribution is -0.156. The highest BCUT2D eigenvalue weighted by molar-refractivity contribution is 6.10. The minimum Gasteiger partial charge on any atom is -0.370 e. The fourth-order valence-corrected chi connectivity index (χ4v) is 3.13. The largest absolute Gasteiger partial charge is 0.418 e. The van der Waals surface area contributed by atoms with Crippen molar-refractivity contribution in [2.75, 3.05) is 43.1 Å². The lowest BCUT2D eigenvalue weighted by Crippen LogP contribution is -2.54. The van der Waals surface area contributed by atoms with Gasteiger partial charge < -0.3 is 20.7 Å². The quantitative estimate of drug-likeness (QED) is 0.467. The molecule has 1 saturated heterocycles. The van der Waals surface area contributed by atoms with Gasteiger partial charge in [-0.3, -0.25) is 19.3 Å². The van der Waals surface area contributed by atoms with Gasteiger partial charge in [0.2, 0.25) is 5.91 Å². The van der Waals surface area contributed by atoms with Crippen molar-refractivity contribution >= 4 is 29.1 Å². The Bertz CT molecular complexity index is 874. The standard InChI is InChI=1S/C18H20F6N4O4/c1-2-27(9-17(19,20)21)14(15(25)30)16(31)26-12-4-3-10(7-11(12)18(22,23)24)28-5-6-32-8-13(28)29/h3-4,7,14H,2,5-6,8-9H2,1H3,(H2,25,30)(H,26,31)/t14-/m1/s1. The van der Waals surface area contributed by atoms with Crippen LogP contribution < -0.4 is 16.0 Å². The molecule has 0 aliphatic carbocycles. The number of likely N-dealkylation sites (N-methyl/N-ethyl adjacent to an activating group) is 1. The summed E-state index contributed by atoms with van der Waals surface area (Å²) in [6.45, 7) is -1.07. The number of alkyl halides is 6. The number of morpholine rings is 1. The second kappa shape index (κ2) is 9.73. The number of nitrogens with one attached hydrogen (secondary N) is 1. The van der Waals surface area contributed by atoms with Crippen molar-refractivity contribution in [2.24, 2.45) is 5.73 Å². The minimum atomic E-state index is -4.99. The van der Waals surface area contributed by atoms with Gasteiger partial charge in [0.15, 0.2) is 6.04 Å². The van der Waals surface area contributed by atoms with Crippen LogP contribution in [0.2, 0.25) is 0 Å². The number of rotatable bonds is 7. The second-order valence-corrected chi connectivity index (χ2v) is 6.80. The lowest BCUT2D eigenvalue weighted by atomic mass is 10.1. The number of benzene rings is 1. The van der Waals surface area contributed by atoms with E-state index in [4.69, 9.17) is 10.5 Å². The number of nitrogens with zero attached hydrogens (tertiary/aromatic N) is 2. The minimum absolute atomic E-state index is 0.00842. The van der Waals surface area contributed by atoms with Gasteiger partial charge in [0.25, 0.3) is 11.8 Å². The highest BCUT2D eigenvalue weighted by Gasteiger charge is 2.40. The van der Waals surface area contributed by atoms with Gasteiger partial charge in [0.05, 0.1) is 24.4 Å². The smallest absolute Gasteiger partial charge is 0.370 e. The summed E-state index contributed by atoms with van der Waals surface area (Å²) in [4.78, 5) is 37.5. The third kappa shape index (κ3) is 6.32. The molecule has 1 fully saturated rings. The molecule has 0 radical (unpaired) electrons. The highest BCUT2D eigenvalue weighted by atomic mass is 19.4. The molecule has 0 bridgehead atoms. The van der Waals surface area contributed by atoms with Crippen molar-refractivity contribution in [3.05, 3.63) is 23.8 Å². The van der Waals surface area contributed by atoms with Crippen LogP contribution in [0.5, 0.6) is 0 Å². The summed E-state index contributed by atoms with van der Waals surface area (Å²) in [5, 5.41) is 1.84. The van der Waals surface area contributed by atoms with E-state index in [2.05, 4.69) is 0 Å². The zero-order valence-corrected chi connectivity index (χ0v) is 16.7. The van der Waals surface area contributed by atoms with Crippen LogP contribution in [0, 0.1) is 0 Å². The summed E-state index contributed by atoms with van der Waals surface area (Å²) in [6, 6.07) is 0.423. The Kier molecular flexibility index (Phi) is 7.72. The molecule has 1 heterocycles. The van der Waals surface area contributed by atoms with Gasteiger partial charge in [0, 0.05) is 12.2 Å². The SMILES string of the molecule is CCN(CC(F)(F)F)[C@H](C(N)=O)C(=O)Nc1ccc(N2CCOCC2=O)cc1C(F)(F)F. The highest BCUT2D eigenvalue weighted by Crippen LogP contribution is 2.37. The van der Waals surface area contributed by atoms with Crippen molar-refractivity contribution in [2.45, 2.75) is 25.3 Å². The number of ether oxygens (including phenoxy) is 1. The van der Waals surface area contributed by atoms with Crippen LogP contribution in [0.4, 0.5) is 37.7 Å². The van der Waals surface area contributed by atoms with Crippen molar-refractivity contribution in [1.82, 2.24) is 4.90 Å². The molecular weight excluding hydrogens is 450 g/mol. The zero-order valence-electron chi connectivity index (χ0n) is 16.7. The fourth-order valence-electron chi connectivity index (χ4n) is 3.13. The first-order chi connectivity index (χ1) is 14.7. The number of carbonyl (C=O) groups is 3.